The lowest BCUT2D eigenvalue weighted by Gasteiger charge is -2.39. The van der Waals surface area contributed by atoms with E-state index in [4.69, 9.17) is 0 Å². The molecule has 0 spiro atoms. The van der Waals surface area contributed by atoms with Gasteiger partial charge in [0.05, 0.1) is 6.61 Å². The Hall–Kier alpha value is -0.120. The minimum atomic E-state index is -0.0653. The quantitative estimate of drug-likeness (QED) is 0.684. The molecule has 1 aliphatic carbocycles. The minimum Gasteiger partial charge on any atom is -0.394 e. The van der Waals surface area contributed by atoms with E-state index in [9.17, 15) is 5.11 Å². The zero-order valence-electron chi connectivity index (χ0n) is 15.0. The van der Waals surface area contributed by atoms with Gasteiger partial charge in [-0.2, -0.15) is 0 Å². The number of likely N-dealkylation sites (N-methyl/N-ethyl adjacent to an activating group) is 1. The van der Waals surface area contributed by atoms with Crippen LogP contribution in [0.1, 0.15) is 72.6 Å². The third-order valence-corrected chi connectivity index (χ3v) is 5.63. The van der Waals surface area contributed by atoms with Crippen LogP contribution in [0.4, 0.5) is 0 Å². The summed E-state index contributed by atoms with van der Waals surface area (Å²) in [6.45, 7) is 11.4. The van der Waals surface area contributed by atoms with Crippen molar-refractivity contribution in [2.24, 2.45) is 5.41 Å². The van der Waals surface area contributed by atoms with Gasteiger partial charge in [-0.05, 0) is 70.5 Å². The molecule has 0 saturated heterocycles. The second-order valence-corrected chi connectivity index (χ2v) is 7.80. The summed E-state index contributed by atoms with van der Waals surface area (Å²) < 4.78 is 0. The first-order valence-electron chi connectivity index (χ1n) is 8.94. The number of aliphatic hydroxyl groups excluding tert-OH is 1. The molecule has 1 aliphatic rings. The predicted molar refractivity (Wildman–Crippen MR) is 91.7 cm³/mol. The fourth-order valence-corrected chi connectivity index (χ4v) is 3.69. The summed E-state index contributed by atoms with van der Waals surface area (Å²) in [7, 11) is 2.28. The van der Waals surface area contributed by atoms with Crippen LogP contribution in [-0.2, 0) is 0 Å². The zero-order valence-corrected chi connectivity index (χ0v) is 15.0. The normalized spacial score (nSPS) is 22.4. The fourth-order valence-electron chi connectivity index (χ4n) is 3.69. The molecule has 2 N–H and O–H groups in total. The van der Waals surface area contributed by atoms with Crippen LogP contribution in [0.15, 0.2) is 0 Å². The summed E-state index contributed by atoms with van der Waals surface area (Å²) in [5.41, 5.74) is 0.487. The summed E-state index contributed by atoms with van der Waals surface area (Å²) in [6, 6.07) is 0.766. The number of nitrogens with one attached hydrogen (secondary N) is 1. The molecule has 0 radical (unpaired) electrons. The topological polar surface area (TPSA) is 35.5 Å². The maximum Gasteiger partial charge on any atom is 0.0613 e. The number of rotatable bonds is 9. The molecule has 126 valence electrons. The average molecular weight is 299 g/mol. The first-order valence-corrected chi connectivity index (χ1v) is 8.94. The highest BCUT2D eigenvalue weighted by Crippen LogP contribution is 2.36. The van der Waals surface area contributed by atoms with Crippen LogP contribution in [0.25, 0.3) is 0 Å². The van der Waals surface area contributed by atoms with Crippen molar-refractivity contribution < 1.29 is 5.11 Å². The van der Waals surface area contributed by atoms with Gasteiger partial charge in [-0.15, -0.1) is 0 Å². The maximum absolute atomic E-state index is 9.70. The van der Waals surface area contributed by atoms with E-state index in [2.05, 4.69) is 45.0 Å². The molecule has 3 nitrogen and oxygen atoms in total. The molecule has 1 fully saturated rings. The van der Waals surface area contributed by atoms with Crippen LogP contribution in [0.5, 0.6) is 0 Å². The highest BCUT2D eigenvalue weighted by molar-refractivity contribution is 4.87. The third kappa shape index (κ3) is 5.88. The lowest BCUT2D eigenvalue weighted by molar-refractivity contribution is 0.113. The molecule has 0 amide bonds. The van der Waals surface area contributed by atoms with Crippen molar-refractivity contribution in [2.45, 2.75) is 84.2 Å². The molecule has 1 unspecified atom stereocenters. The van der Waals surface area contributed by atoms with Crippen molar-refractivity contribution in [3.63, 3.8) is 0 Å². The highest BCUT2D eigenvalue weighted by Gasteiger charge is 2.29. The first-order chi connectivity index (χ1) is 9.88. The highest BCUT2D eigenvalue weighted by atomic mass is 16.3. The van der Waals surface area contributed by atoms with E-state index in [0.29, 0.717) is 5.41 Å². The minimum absolute atomic E-state index is 0.0653. The van der Waals surface area contributed by atoms with Crippen molar-refractivity contribution in [3.8, 4) is 0 Å². The monoisotopic (exact) mass is 298 g/mol. The van der Waals surface area contributed by atoms with Crippen molar-refractivity contribution in [3.05, 3.63) is 0 Å². The number of nitrogens with zero attached hydrogens (tertiary/aromatic N) is 1. The first kappa shape index (κ1) is 18.9. The summed E-state index contributed by atoms with van der Waals surface area (Å²) in [5, 5.41) is 13.2. The molecule has 3 heteroatoms. The van der Waals surface area contributed by atoms with Crippen molar-refractivity contribution in [1.29, 1.82) is 0 Å². The Bertz CT molecular complexity index is 277. The van der Waals surface area contributed by atoms with Crippen LogP contribution >= 0.6 is 0 Å². The van der Waals surface area contributed by atoms with Crippen LogP contribution in [0.3, 0.4) is 0 Å². The summed E-state index contributed by atoms with van der Waals surface area (Å²) in [6.07, 6.45) is 8.63. The van der Waals surface area contributed by atoms with E-state index in [1.54, 1.807) is 0 Å². The van der Waals surface area contributed by atoms with Crippen LogP contribution in [-0.4, -0.2) is 48.3 Å². The average Bonchev–Trinajstić information content (AvgIpc) is 2.46. The summed E-state index contributed by atoms with van der Waals surface area (Å²) in [4.78, 5) is 2.55. The summed E-state index contributed by atoms with van der Waals surface area (Å²) in [5.74, 6) is 0. The fraction of sp³-hybridized carbons (Fsp3) is 1.00. The smallest absolute Gasteiger partial charge is 0.0613 e. The van der Waals surface area contributed by atoms with Crippen molar-refractivity contribution >= 4 is 0 Å². The van der Waals surface area contributed by atoms with Crippen molar-refractivity contribution in [2.75, 3.05) is 26.7 Å². The molecule has 21 heavy (non-hydrogen) atoms. The van der Waals surface area contributed by atoms with E-state index in [-0.39, 0.29) is 12.1 Å². The number of hydrogen-bond donors (Lipinski definition) is 2. The van der Waals surface area contributed by atoms with Gasteiger partial charge in [0.25, 0.3) is 0 Å². The third-order valence-electron chi connectivity index (χ3n) is 5.63. The molecule has 0 bridgehead atoms. The molecule has 0 heterocycles. The zero-order chi connectivity index (χ0) is 15.9. The Morgan fingerprint density at radius 1 is 1.24 bits per heavy atom. The van der Waals surface area contributed by atoms with Crippen molar-refractivity contribution in [1.82, 2.24) is 10.2 Å². The van der Waals surface area contributed by atoms with E-state index >= 15 is 0 Å². The number of aliphatic hydroxyl groups is 1. The van der Waals surface area contributed by atoms with Gasteiger partial charge in [0.2, 0.25) is 0 Å². The maximum atomic E-state index is 9.70. The van der Waals surface area contributed by atoms with Crippen LogP contribution in [0.2, 0.25) is 0 Å². The van der Waals surface area contributed by atoms with Crippen LogP contribution < -0.4 is 5.32 Å². The standard InChI is InChI=1S/C18H38N2O/c1-6-18(15-21,19-7-2)11-8-14-20(5)16-9-12-17(3,4)13-10-16/h16,19,21H,6-15H2,1-5H3. The molecule has 0 aliphatic heterocycles. The van der Waals surface area contributed by atoms with Gasteiger partial charge in [0.1, 0.15) is 0 Å². The van der Waals surface area contributed by atoms with Gasteiger partial charge in [0.15, 0.2) is 0 Å². The molecule has 1 atom stereocenters. The van der Waals surface area contributed by atoms with Gasteiger partial charge in [-0.25, -0.2) is 0 Å². The van der Waals surface area contributed by atoms with E-state index in [1.807, 2.05) is 0 Å². The lowest BCUT2D eigenvalue weighted by atomic mass is 9.75. The molecule has 1 saturated carbocycles. The van der Waals surface area contributed by atoms with Crippen LogP contribution in [0, 0.1) is 5.41 Å². The predicted octanol–water partition coefficient (Wildman–Crippen LogP) is 3.42. The van der Waals surface area contributed by atoms with E-state index in [0.717, 1.165) is 38.4 Å². The Morgan fingerprint density at radius 3 is 2.33 bits per heavy atom. The lowest BCUT2D eigenvalue weighted by Crippen LogP contribution is -2.48. The Balaban J connectivity index is 2.34. The van der Waals surface area contributed by atoms with E-state index < -0.39 is 0 Å². The molecular formula is C18H38N2O. The second-order valence-electron chi connectivity index (χ2n) is 7.80. The van der Waals surface area contributed by atoms with E-state index in [1.165, 1.54) is 25.7 Å². The Labute approximate surface area is 132 Å². The SMILES string of the molecule is CCNC(CC)(CO)CCCN(C)C1CCC(C)(C)CC1. The van der Waals surface area contributed by atoms with Gasteiger partial charge < -0.3 is 15.3 Å². The van der Waals surface area contributed by atoms with Gasteiger partial charge >= 0.3 is 0 Å². The number of hydrogen-bond acceptors (Lipinski definition) is 3. The molecular weight excluding hydrogens is 260 g/mol. The molecule has 0 aromatic carbocycles. The molecule has 0 aromatic rings. The van der Waals surface area contributed by atoms with Gasteiger partial charge in [0, 0.05) is 11.6 Å². The Kier molecular flexibility index (Phi) is 7.66. The van der Waals surface area contributed by atoms with Gasteiger partial charge in [-0.1, -0.05) is 27.7 Å². The Morgan fingerprint density at radius 2 is 1.86 bits per heavy atom. The summed E-state index contributed by atoms with van der Waals surface area (Å²) >= 11 is 0. The second kappa shape index (κ2) is 8.50. The molecule has 1 rings (SSSR count). The van der Waals surface area contributed by atoms with Gasteiger partial charge in [-0.3, -0.25) is 0 Å². The molecule has 0 aromatic heterocycles. The largest absolute Gasteiger partial charge is 0.394 e.